The first-order valence-electron chi connectivity index (χ1n) is 11.3. The van der Waals surface area contributed by atoms with Crippen LogP contribution in [0, 0.1) is 0 Å². The number of aromatic nitrogens is 1. The fourth-order valence-electron chi connectivity index (χ4n) is 3.41. The highest BCUT2D eigenvalue weighted by Gasteiger charge is 2.57. The van der Waals surface area contributed by atoms with Crippen molar-refractivity contribution in [1.29, 1.82) is 0 Å². The molecule has 0 bridgehead atoms. The zero-order valence-corrected chi connectivity index (χ0v) is 23.0. The summed E-state index contributed by atoms with van der Waals surface area (Å²) < 4.78 is 5.22. The Labute approximate surface area is 230 Å². The third kappa shape index (κ3) is 7.12. The summed E-state index contributed by atoms with van der Waals surface area (Å²) in [5, 5.41) is 19.2. The molecule has 2 fully saturated rings. The molecule has 1 aromatic heterocycles. The van der Waals surface area contributed by atoms with Gasteiger partial charge in [-0.25, -0.2) is 4.98 Å². The first-order valence-corrected chi connectivity index (χ1v) is 13.6. The maximum atomic E-state index is 13.1. The van der Waals surface area contributed by atoms with Crippen molar-refractivity contribution in [3.63, 3.8) is 0 Å². The Morgan fingerprint density at radius 1 is 1.45 bits per heavy atom. The van der Waals surface area contributed by atoms with Crippen LogP contribution in [0.4, 0.5) is 5.13 Å². The molecule has 3 rings (SSSR count). The molecule has 0 aliphatic carbocycles. The number of thioether (sulfide) groups is 1. The number of aliphatic carboxylic acids is 1. The minimum Gasteiger partial charge on any atom is -0.480 e. The van der Waals surface area contributed by atoms with Gasteiger partial charge >= 0.3 is 11.9 Å². The number of β-lactam (4-membered cyclic amide) rings is 1. The molecule has 2 aliphatic heterocycles. The minimum atomic E-state index is -1.61. The maximum Gasteiger partial charge on any atom is 0.327 e. The first kappa shape index (κ1) is 29.6. The van der Waals surface area contributed by atoms with Crippen LogP contribution in [0.1, 0.15) is 39.3 Å². The van der Waals surface area contributed by atoms with Gasteiger partial charge in [0.05, 0.1) is 13.0 Å². The van der Waals surface area contributed by atoms with Crippen LogP contribution < -0.4 is 16.4 Å². The van der Waals surface area contributed by atoms with E-state index in [-0.39, 0.29) is 41.7 Å². The summed E-state index contributed by atoms with van der Waals surface area (Å²) in [6.07, 6.45) is -0.665. The van der Waals surface area contributed by atoms with Gasteiger partial charge in [0.2, 0.25) is 12.3 Å². The summed E-state index contributed by atoms with van der Waals surface area (Å²) in [6.45, 7) is 4.99. The molecule has 4 atom stereocenters. The zero-order valence-electron chi connectivity index (χ0n) is 20.6. The number of halogens is 1. The number of carboxylic acid groups (broad SMARTS) is 1. The van der Waals surface area contributed by atoms with Crippen molar-refractivity contribution in [3.8, 4) is 0 Å². The van der Waals surface area contributed by atoms with Gasteiger partial charge in [-0.3, -0.25) is 29.7 Å². The monoisotopic (exact) mass is 590 g/mol. The molecule has 208 valence electrons. The van der Waals surface area contributed by atoms with E-state index in [4.69, 9.17) is 26.9 Å². The Hall–Kier alpha value is -2.95. The molecule has 1 aromatic rings. The van der Waals surface area contributed by atoms with Crippen LogP contribution in [-0.2, 0) is 33.5 Å². The number of thiazole rings is 1. The topological polar surface area (TPSA) is 203 Å². The molecule has 0 radical (unpaired) electrons. The van der Waals surface area contributed by atoms with Crippen molar-refractivity contribution in [2.75, 3.05) is 17.6 Å². The number of carbonyl (C=O) groups is 5. The number of nitrogens with zero attached hydrogens (tertiary/aromatic N) is 3. The molecule has 5 N–H and O–H groups in total. The van der Waals surface area contributed by atoms with Crippen LogP contribution in [-0.4, -0.2) is 91.3 Å². The van der Waals surface area contributed by atoms with Crippen LogP contribution in [0.3, 0.4) is 0 Å². The Bertz CT molecular complexity index is 1140. The van der Waals surface area contributed by atoms with E-state index < -0.39 is 51.9 Å². The molecule has 0 saturated carbocycles. The average Bonchev–Trinajstić information content (AvgIpc) is 3.28. The van der Waals surface area contributed by atoms with E-state index in [1.54, 1.807) is 20.8 Å². The average molecular weight is 591 g/mol. The summed E-state index contributed by atoms with van der Waals surface area (Å²) in [5.41, 5.74) is 4.96. The van der Waals surface area contributed by atoms with Crippen molar-refractivity contribution in [1.82, 2.24) is 15.2 Å². The lowest BCUT2D eigenvalue weighted by Gasteiger charge is -2.52. The number of fused-ring (bicyclic) bond motifs is 1. The lowest BCUT2D eigenvalue weighted by molar-refractivity contribution is -0.155. The van der Waals surface area contributed by atoms with Gasteiger partial charge in [-0.05, 0) is 20.8 Å². The Kier molecular flexibility index (Phi) is 9.22. The van der Waals surface area contributed by atoms with Crippen LogP contribution in [0.25, 0.3) is 0 Å². The summed E-state index contributed by atoms with van der Waals surface area (Å²) in [6, 6.07) is -0.959. The quantitative estimate of drug-likeness (QED) is 0.0525. The van der Waals surface area contributed by atoms with E-state index in [0.29, 0.717) is 6.41 Å². The lowest BCUT2D eigenvalue weighted by atomic mass is 10.0. The molecular weight excluding hydrogens is 564 g/mol. The highest BCUT2D eigenvalue weighted by atomic mass is 35.5. The van der Waals surface area contributed by atoms with Gasteiger partial charge in [-0.1, -0.05) is 5.16 Å². The summed E-state index contributed by atoms with van der Waals surface area (Å²) in [4.78, 5) is 68.9. The normalized spacial score (nSPS) is 24.0. The molecule has 14 nitrogen and oxygen atoms in total. The van der Waals surface area contributed by atoms with E-state index in [0.717, 1.165) is 23.1 Å². The number of esters is 1. The number of oxime groups is 1. The smallest absolute Gasteiger partial charge is 0.327 e. The Balaban J connectivity index is 1.69. The number of hydrogen-bond acceptors (Lipinski definition) is 12. The molecule has 0 aromatic carbocycles. The number of carboxylic acids is 1. The second-order valence-corrected chi connectivity index (χ2v) is 12.1. The van der Waals surface area contributed by atoms with Crippen molar-refractivity contribution in [2.45, 2.75) is 61.7 Å². The van der Waals surface area contributed by atoms with Gasteiger partial charge in [-0.2, -0.15) is 0 Å². The fourth-order valence-corrected chi connectivity index (χ4v) is 5.77. The Morgan fingerprint density at radius 3 is 2.79 bits per heavy atom. The second-order valence-electron chi connectivity index (χ2n) is 9.40. The predicted molar refractivity (Wildman–Crippen MR) is 139 cm³/mol. The third-order valence-electron chi connectivity index (χ3n) is 5.19. The number of hydrogen-bond donors (Lipinski definition) is 4. The SMILES string of the molecule is CC(C)(C)OC(=O)CCC(N)ON=C(C(=O)NC1C(=O)N2CC(Cl)(C(=O)O)CS[C@H]12)c1csc(NC=O)n1. The molecular formula is C21H27ClN6O8S2. The largest absolute Gasteiger partial charge is 0.480 e. The number of anilines is 1. The molecule has 3 unspecified atom stereocenters. The molecule has 3 amide bonds. The van der Waals surface area contributed by atoms with Crippen molar-refractivity contribution < 1.29 is 38.7 Å². The van der Waals surface area contributed by atoms with Crippen LogP contribution in [0.5, 0.6) is 0 Å². The predicted octanol–water partition coefficient (Wildman–Crippen LogP) is 0.301. The Morgan fingerprint density at radius 2 is 2.16 bits per heavy atom. The van der Waals surface area contributed by atoms with Gasteiger partial charge in [0.25, 0.3) is 5.91 Å². The van der Waals surface area contributed by atoms with Gasteiger partial charge in [-0.15, -0.1) is 34.7 Å². The standard InChI is InChI=1S/C21H27ClN6O8S2/c1-20(2,3)35-12(30)5-4-11(23)36-27-13(10-6-37-19(25-10)24-9-29)15(31)26-14-16(32)28-7-21(22,18(33)34)8-38-17(14)28/h6,9,11,14,17H,4-5,7-8,23H2,1-3H3,(H,26,31)(H,33,34)(H,24,25,29)/t11?,14?,17-,21?/m1/s1. The van der Waals surface area contributed by atoms with E-state index in [2.05, 4.69) is 20.8 Å². The summed E-state index contributed by atoms with van der Waals surface area (Å²) in [5.74, 6) is -2.99. The van der Waals surface area contributed by atoms with Crippen LogP contribution in [0.2, 0.25) is 0 Å². The fraction of sp³-hybridized carbons (Fsp3) is 0.571. The van der Waals surface area contributed by atoms with E-state index in [9.17, 15) is 29.1 Å². The number of rotatable bonds is 11. The number of alkyl halides is 1. The molecule has 38 heavy (non-hydrogen) atoms. The van der Waals surface area contributed by atoms with Gasteiger partial charge in [0.15, 0.2) is 21.9 Å². The van der Waals surface area contributed by atoms with Gasteiger partial charge in [0.1, 0.15) is 22.7 Å². The second kappa shape index (κ2) is 11.8. The molecule has 2 saturated heterocycles. The lowest BCUT2D eigenvalue weighted by Crippen LogP contribution is -2.74. The number of amides is 3. The highest BCUT2D eigenvalue weighted by molar-refractivity contribution is 8.00. The van der Waals surface area contributed by atoms with Crippen molar-refractivity contribution in [2.24, 2.45) is 10.9 Å². The minimum absolute atomic E-state index is 0.0358. The van der Waals surface area contributed by atoms with Gasteiger partial charge in [0, 0.05) is 17.6 Å². The van der Waals surface area contributed by atoms with Crippen molar-refractivity contribution >= 4 is 75.7 Å². The zero-order chi connectivity index (χ0) is 28.3. The number of carbonyl (C=O) groups excluding carboxylic acids is 4. The first-order chi connectivity index (χ1) is 17.7. The van der Waals surface area contributed by atoms with E-state index in [1.165, 1.54) is 10.3 Å². The maximum absolute atomic E-state index is 13.1. The molecule has 17 heteroatoms. The van der Waals surface area contributed by atoms with Gasteiger partial charge < -0.3 is 30.2 Å². The summed E-state index contributed by atoms with van der Waals surface area (Å²) in [7, 11) is 0. The number of nitrogens with two attached hydrogens (primary N) is 1. The number of ether oxygens (including phenoxy) is 1. The van der Waals surface area contributed by atoms with E-state index >= 15 is 0 Å². The third-order valence-corrected chi connectivity index (χ3v) is 8.07. The van der Waals surface area contributed by atoms with Crippen molar-refractivity contribution in [3.05, 3.63) is 11.1 Å². The highest BCUT2D eigenvalue weighted by Crippen LogP contribution is 2.41. The van der Waals surface area contributed by atoms with Crippen LogP contribution >= 0.6 is 34.7 Å². The molecule has 2 aliphatic rings. The van der Waals surface area contributed by atoms with E-state index in [1.807, 2.05) is 0 Å². The number of nitrogens with one attached hydrogen (secondary N) is 2. The summed E-state index contributed by atoms with van der Waals surface area (Å²) >= 11 is 8.27. The molecule has 3 heterocycles. The van der Waals surface area contributed by atoms with Crippen LogP contribution in [0.15, 0.2) is 10.5 Å². The molecule has 0 spiro atoms.